The number of nitrogens with zero attached hydrogens (tertiary/aromatic N) is 2. The van der Waals surface area contributed by atoms with Crippen molar-refractivity contribution in [3.63, 3.8) is 0 Å². The molecule has 0 bridgehead atoms. The molecule has 0 spiro atoms. The van der Waals surface area contributed by atoms with E-state index in [9.17, 15) is 0 Å². The van der Waals surface area contributed by atoms with Crippen molar-refractivity contribution in [2.45, 2.75) is 38.5 Å². The minimum absolute atomic E-state index is 0.140. The van der Waals surface area contributed by atoms with Gasteiger partial charge in [-0.2, -0.15) is 0 Å². The predicted octanol–water partition coefficient (Wildman–Crippen LogP) is 17.3. The van der Waals surface area contributed by atoms with Gasteiger partial charge < -0.3 is 9.80 Å². The van der Waals surface area contributed by atoms with E-state index in [-0.39, 0.29) is 10.8 Å². The second-order valence-electron chi connectivity index (χ2n) is 17.9. The van der Waals surface area contributed by atoms with Gasteiger partial charge in [0.05, 0.1) is 5.69 Å². The topological polar surface area (TPSA) is 6.48 Å². The summed E-state index contributed by atoms with van der Waals surface area (Å²) in [5.41, 5.74) is 21.7. The third-order valence-electron chi connectivity index (χ3n) is 13.5. The van der Waals surface area contributed by atoms with Gasteiger partial charge in [-0.3, -0.25) is 0 Å². The lowest BCUT2D eigenvalue weighted by Crippen LogP contribution is -2.17. The van der Waals surface area contributed by atoms with Crippen molar-refractivity contribution in [3.8, 4) is 44.5 Å². The molecule has 0 N–H and O–H groups in total. The van der Waals surface area contributed by atoms with Crippen molar-refractivity contribution in [3.05, 3.63) is 239 Å². The maximum atomic E-state index is 4.09. The highest BCUT2D eigenvalue weighted by atomic mass is 79.9. The van der Waals surface area contributed by atoms with E-state index in [2.05, 4.69) is 266 Å². The lowest BCUT2D eigenvalue weighted by atomic mass is 9.82. The van der Waals surface area contributed by atoms with Crippen LogP contribution in [-0.2, 0) is 10.8 Å². The molecule has 0 saturated carbocycles. The molecule has 0 aromatic heterocycles. The third kappa shape index (κ3) is 6.53. The number of anilines is 6. The molecule has 9 aromatic rings. The van der Waals surface area contributed by atoms with Gasteiger partial charge in [0.2, 0.25) is 0 Å². The first-order valence-electron chi connectivity index (χ1n) is 21.9. The van der Waals surface area contributed by atoms with Gasteiger partial charge in [0.25, 0.3) is 0 Å². The van der Waals surface area contributed by atoms with Crippen molar-refractivity contribution in [1.82, 2.24) is 0 Å². The van der Waals surface area contributed by atoms with Crippen LogP contribution in [0.25, 0.3) is 44.5 Å². The van der Waals surface area contributed by atoms with Crippen molar-refractivity contribution in [2.75, 3.05) is 9.80 Å². The molecule has 63 heavy (non-hydrogen) atoms. The number of fused-ring (bicyclic) bond motifs is 6. The van der Waals surface area contributed by atoms with Gasteiger partial charge in [0, 0.05) is 43.7 Å². The standard InChI is InChI=1S/C60H47BrN2/c1-59(2)53-21-13-11-19-49(53)51-34-31-46(37-55(51)59)62(44-27-23-42(24-28-44)40-15-7-5-8-16-40)48-33-36-57(61)58(39-48)63(45-29-25-43(26-30-45)41-17-9-6-10-18-41)47-32-35-52-50-20-12-14-22-54(50)60(3,4)56(52)38-47/h5-39H,1-4H3. The highest BCUT2D eigenvalue weighted by Gasteiger charge is 2.37. The van der Waals surface area contributed by atoms with Crippen LogP contribution in [0, 0.1) is 0 Å². The Bertz CT molecular complexity index is 3170. The fourth-order valence-electron chi connectivity index (χ4n) is 10.2. The van der Waals surface area contributed by atoms with E-state index in [1.165, 1.54) is 66.8 Å². The summed E-state index contributed by atoms with van der Waals surface area (Å²) in [4.78, 5) is 4.84. The SMILES string of the molecule is CC1(C)c2ccccc2-c2ccc(N(c3ccc(-c4ccccc4)cc3)c3ccc(Br)c(N(c4ccc(-c5ccccc5)cc4)c4ccc5c(c4)C(C)(C)c4ccccc4-5)c3)cc21. The maximum absolute atomic E-state index is 4.09. The fourth-order valence-corrected chi connectivity index (χ4v) is 10.6. The summed E-state index contributed by atoms with van der Waals surface area (Å²) in [6.45, 7) is 9.42. The summed E-state index contributed by atoms with van der Waals surface area (Å²) in [5.74, 6) is 0. The Balaban J connectivity index is 1.09. The normalized spacial score (nSPS) is 13.7. The quantitative estimate of drug-likeness (QED) is 0.150. The lowest BCUT2D eigenvalue weighted by molar-refractivity contribution is 0.660. The highest BCUT2D eigenvalue weighted by Crippen LogP contribution is 2.53. The Morgan fingerprint density at radius 2 is 0.651 bits per heavy atom. The molecule has 9 aromatic carbocycles. The van der Waals surface area contributed by atoms with Crippen LogP contribution in [0.1, 0.15) is 49.9 Å². The second kappa shape index (κ2) is 15.1. The van der Waals surface area contributed by atoms with E-state index >= 15 is 0 Å². The first-order valence-corrected chi connectivity index (χ1v) is 22.7. The van der Waals surface area contributed by atoms with Gasteiger partial charge >= 0.3 is 0 Å². The smallest absolute Gasteiger partial charge is 0.0624 e. The van der Waals surface area contributed by atoms with Crippen LogP contribution in [0.2, 0.25) is 0 Å². The van der Waals surface area contributed by atoms with Crippen molar-refractivity contribution in [2.24, 2.45) is 0 Å². The second-order valence-corrected chi connectivity index (χ2v) is 18.8. The molecular weight excluding hydrogens is 829 g/mol. The van der Waals surface area contributed by atoms with E-state index in [0.717, 1.165) is 38.6 Å². The molecule has 2 nitrogen and oxygen atoms in total. The molecule has 11 rings (SSSR count). The van der Waals surface area contributed by atoms with E-state index in [0.29, 0.717) is 0 Å². The molecule has 304 valence electrons. The number of hydrogen-bond donors (Lipinski definition) is 0. The van der Waals surface area contributed by atoms with Crippen molar-refractivity contribution in [1.29, 1.82) is 0 Å². The Morgan fingerprint density at radius 1 is 0.302 bits per heavy atom. The molecule has 0 fully saturated rings. The van der Waals surface area contributed by atoms with Crippen LogP contribution >= 0.6 is 15.9 Å². The van der Waals surface area contributed by atoms with E-state index in [4.69, 9.17) is 0 Å². The average Bonchev–Trinajstić information content (AvgIpc) is 3.70. The molecule has 0 radical (unpaired) electrons. The molecular formula is C60H47BrN2. The summed E-state index contributed by atoms with van der Waals surface area (Å²) < 4.78 is 1.01. The Morgan fingerprint density at radius 3 is 1.14 bits per heavy atom. The van der Waals surface area contributed by atoms with Gasteiger partial charge in [-0.05, 0) is 149 Å². The van der Waals surface area contributed by atoms with Crippen molar-refractivity contribution < 1.29 is 0 Å². The van der Waals surface area contributed by atoms with E-state index < -0.39 is 0 Å². The molecule has 0 amide bonds. The van der Waals surface area contributed by atoms with Gasteiger partial charge in [-0.15, -0.1) is 0 Å². The minimum Gasteiger partial charge on any atom is -0.310 e. The van der Waals surface area contributed by atoms with Gasteiger partial charge in [-0.25, -0.2) is 0 Å². The monoisotopic (exact) mass is 874 g/mol. The molecule has 0 aliphatic heterocycles. The number of halogens is 1. The van der Waals surface area contributed by atoms with Crippen LogP contribution in [0.5, 0.6) is 0 Å². The first-order chi connectivity index (χ1) is 30.7. The Hall–Kier alpha value is -6.94. The third-order valence-corrected chi connectivity index (χ3v) is 14.2. The summed E-state index contributed by atoms with van der Waals surface area (Å²) in [6.07, 6.45) is 0. The zero-order valence-electron chi connectivity index (χ0n) is 36.0. The van der Waals surface area contributed by atoms with Crippen LogP contribution < -0.4 is 9.80 Å². The Labute approximate surface area is 379 Å². The maximum Gasteiger partial charge on any atom is 0.0624 e. The van der Waals surface area contributed by atoms with Crippen LogP contribution in [0.4, 0.5) is 34.1 Å². The molecule has 2 aliphatic carbocycles. The van der Waals surface area contributed by atoms with Crippen molar-refractivity contribution >= 4 is 50.1 Å². The molecule has 3 heteroatoms. The summed E-state index contributed by atoms with van der Waals surface area (Å²) in [7, 11) is 0. The molecule has 0 atom stereocenters. The summed E-state index contributed by atoms with van der Waals surface area (Å²) in [5, 5.41) is 0. The van der Waals surface area contributed by atoms with Gasteiger partial charge in [0.1, 0.15) is 0 Å². The van der Waals surface area contributed by atoms with E-state index in [1.54, 1.807) is 0 Å². The largest absolute Gasteiger partial charge is 0.310 e. The zero-order chi connectivity index (χ0) is 42.9. The summed E-state index contributed by atoms with van der Waals surface area (Å²) >= 11 is 4.09. The average molecular weight is 876 g/mol. The zero-order valence-corrected chi connectivity index (χ0v) is 37.6. The van der Waals surface area contributed by atoms with E-state index in [1.807, 2.05) is 0 Å². The summed E-state index contributed by atoms with van der Waals surface area (Å²) in [6, 6.07) is 77.9. The molecule has 2 aliphatic rings. The number of rotatable bonds is 8. The molecule has 0 saturated heterocycles. The highest BCUT2D eigenvalue weighted by molar-refractivity contribution is 9.10. The molecule has 0 heterocycles. The fraction of sp³-hybridized carbons (Fsp3) is 0.100. The minimum atomic E-state index is -0.145. The predicted molar refractivity (Wildman–Crippen MR) is 270 cm³/mol. The lowest BCUT2D eigenvalue weighted by Gasteiger charge is -2.32. The van der Waals surface area contributed by atoms with Gasteiger partial charge in [-0.1, -0.05) is 173 Å². The van der Waals surface area contributed by atoms with Crippen LogP contribution in [0.3, 0.4) is 0 Å². The van der Waals surface area contributed by atoms with Gasteiger partial charge in [0.15, 0.2) is 0 Å². The first kappa shape index (κ1) is 38.9. The van der Waals surface area contributed by atoms with Crippen LogP contribution in [0.15, 0.2) is 217 Å². The molecule has 0 unspecified atom stereocenters. The Kier molecular flexibility index (Phi) is 9.37. The van der Waals surface area contributed by atoms with Crippen LogP contribution in [-0.4, -0.2) is 0 Å². The number of benzene rings is 9. The number of hydrogen-bond acceptors (Lipinski definition) is 2.